The molecule has 3 atom stereocenters. The van der Waals surface area contributed by atoms with Crippen molar-refractivity contribution in [1.82, 2.24) is 9.80 Å². The molecule has 2 aromatic rings. The number of piperidine rings is 1. The van der Waals surface area contributed by atoms with Gasteiger partial charge in [-0.15, -0.1) is 0 Å². The number of benzene rings is 2. The van der Waals surface area contributed by atoms with Crippen LogP contribution >= 0.6 is 0 Å². The topological polar surface area (TPSA) is 68.3 Å². The van der Waals surface area contributed by atoms with E-state index in [-0.39, 0.29) is 18.4 Å². The average Bonchev–Trinajstić information content (AvgIpc) is 3.78. The van der Waals surface area contributed by atoms with Gasteiger partial charge in [0.25, 0.3) is 0 Å². The molecule has 1 amide bonds. The van der Waals surface area contributed by atoms with Gasteiger partial charge in [-0.25, -0.2) is 4.79 Å². The molecule has 0 unspecified atom stereocenters. The number of hydrogen-bond acceptors (Lipinski definition) is 6. The SMILES string of the molecule is CC(=O)O[C@@]12CCN(C(=O)OC(C)(C)C)CC[C@@]13CCN(CC1CC1)[C@@H]2Cc1cc(C(F)(F)F)c(OCc2ccccc2)cc13. The quantitative estimate of drug-likeness (QED) is 0.325. The van der Waals surface area contributed by atoms with Crippen LogP contribution in [0.3, 0.4) is 0 Å². The summed E-state index contributed by atoms with van der Waals surface area (Å²) in [6, 6.07) is 11.6. The van der Waals surface area contributed by atoms with E-state index in [4.69, 9.17) is 14.2 Å². The smallest absolute Gasteiger partial charge is 0.419 e. The van der Waals surface area contributed by atoms with Crippen molar-refractivity contribution in [2.75, 3.05) is 26.2 Å². The van der Waals surface area contributed by atoms with Crippen LogP contribution in [0, 0.1) is 5.92 Å². The van der Waals surface area contributed by atoms with Gasteiger partial charge in [0.05, 0.1) is 11.6 Å². The van der Waals surface area contributed by atoms with Gasteiger partial charge in [-0.05, 0) is 94.2 Å². The lowest BCUT2D eigenvalue weighted by atomic mass is 9.52. The second kappa shape index (κ2) is 11.5. The fourth-order valence-electron chi connectivity index (χ4n) is 7.94. The summed E-state index contributed by atoms with van der Waals surface area (Å²) in [6.45, 7) is 9.02. The van der Waals surface area contributed by atoms with Crippen LogP contribution in [0.25, 0.3) is 0 Å². The minimum atomic E-state index is -4.62. The summed E-state index contributed by atoms with van der Waals surface area (Å²) >= 11 is 0. The molecule has 2 aliphatic carbocycles. The first-order valence-electron chi connectivity index (χ1n) is 16.0. The normalized spacial score (nSPS) is 26.7. The van der Waals surface area contributed by atoms with E-state index in [0.717, 1.165) is 37.1 Å². The summed E-state index contributed by atoms with van der Waals surface area (Å²) < 4.78 is 61.9. The highest BCUT2D eigenvalue weighted by Crippen LogP contribution is 2.59. The molecule has 2 aliphatic heterocycles. The summed E-state index contributed by atoms with van der Waals surface area (Å²) in [5, 5.41) is 0. The lowest BCUT2D eigenvalue weighted by Crippen LogP contribution is -2.73. The molecule has 4 aliphatic rings. The van der Waals surface area contributed by atoms with Gasteiger partial charge in [-0.2, -0.15) is 13.2 Å². The van der Waals surface area contributed by atoms with Crippen LogP contribution in [0.2, 0.25) is 0 Å². The van der Waals surface area contributed by atoms with E-state index < -0.39 is 40.4 Å². The first kappa shape index (κ1) is 31.7. The number of alkyl halides is 3. The molecule has 244 valence electrons. The fourth-order valence-corrected chi connectivity index (χ4v) is 7.94. The molecule has 45 heavy (non-hydrogen) atoms. The second-order valence-electron chi connectivity index (χ2n) is 14.2. The van der Waals surface area contributed by atoms with Crippen LogP contribution in [0.15, 0.2) is 42.5 Å². The van der Waals surface area contributed by atoms with Crippen molar-refractivity contribution in [3.8, 4) is 5.75 Å². The van der Waals surface area contributed by atoms with Gasteiger partial charge in [0.2, 0.25) is 0 Å². The summed E-state index contributed by atoms with van der Waals surface area (Å²) in [5.74, 6) is -0.126. The average molecular weight is 629 g/mol. The lowest BCUT2D eigenvalue weighted by Gasteiger charge is -2.62. The Morgan fingerprint density at radius 2 is 1.67 bits per heavy atom. The summed E-state index contributed by atoms with van der Waals surface area (Å²) in [6.07, 6.45) is -1.14. The predicted octanol–water partition coefficient (Wildman–Crippen LogP) is 6.90. The number of fused-ring (bicyclic) bond motifs is 1. The number of ether oxygens (including phenoxy) is 3. The molecular weight excluding hydrogens is 585 g/mol. The molecule has 10 heteroatoms. The Hall–Kier alpha value is -3.27. The van der Waals surface area contributed by atoms with Crippen LogP contribution in [-0.4, -0.2) is 65.3 Å². The van der Waals surface area contributed by atoms with Gasteiger partial charge in [0.15, 0.2) is 0 Å². The van der Waals surface area contributed by atoms with Crippen molar-refractivity contribution < 1.29 is 37.0 Å². The molecule has 2 saturated heterocycles. The van der Waals surface area contributed by atoms with Gasteiger partial charge >= 0.3 is 18.2 Å². The molecule has 0 radical (unpaired) electrons. The van der Waals surface area contributed by atoms with Crippen molar-refractivity contribution in [2.24, 2.45) is 5.92 Å². The van der Waals surface area contributed by atoms with Crippen molar-refractivity contribution in [3.05, 3.63) is 64.7 Å². The molecule has 0 aromatic heterocycles. The van der Waals surface area contributed by atoms with E-state index in [1.54, 1.807) is 11.0 Å². The number of halogens is 3. The third-order valence-corrected chi connectivity index (χ3v) is 10.0. The van der Waals surface area contributed by atoms with Gasteiger partial charge in [0.1, 0.15) is 23.6 Å². The van der Waals surface area contributed by atoms with E-state index in [2.05, 4.69) is 4.90 Å². The molecular formula is C35H43F3N2O5. The molecule has 2 aromatic carbocycles. The monoisotopic (exact) mass is 628 g/mol. The van der Waals surface area contributed by atoms with E-state index in [1.807, 2.05) is 51.1 Å². The molecule has 2 heterocycles. The third kappa shape index (κ3) is 6.14. The Bertz CT molecular complexity index is 1440. The Morgan fingerprint density at radius 3 is 2.31 bits per heavy atom. The second-order valence-corrected chi connectivity index (χ2v) is 14.2. The maximum Gasteiger partial charge on any atom is 0.419 e. The molecule has 2 bridgehead atoms. The zero-order valence-electron chi connectivity index (χ0n) is 26.5. The van der Waals surface area contributed by atoms with E-state index in [9.17, 15) is 22.8 Å². The van der Waals surface area contributed by atoms with Gasteiger partial charge in [-0.3, -0.25) is 9.69 Å². The van der Waals surface area contributed by atoms with Crippen molar-refractivity contribution in [2.45, 2.75) is 102 Å². The predicted molar refractivity (Wildman–Crippen MR) is 162 cm³/mol. The van der Waals surface area contributed by atoms with Gasteiger partial charge in [-0.1, -0.05) is 30.3 Å². The standard InChI is InChI=1S/C35H43F3N2O5/c1-23(41)44-34-14-17-39(31(42)45-32(2,3)4)15-12-33(34)13-16-40(21-24-10-11-24)30(34)19-26-18-28(35(36,37)38)29(20-27(26)33)43-22-25-8-6-5-7-9-25/h5-9,18,20,24,30H,10-17,19,21-22H2,1-4H3/t30-,33+,34-/m1/s1. The largest absolute Gasteiger partial charge is 0.488 e. The van der Waals surface area contributed by atoms with Crippen LogP contribution in [0.1, 0.15) is 82.1 Å². The number of nitrogens with zero attached hydrogens (tertiary/aromatic N) is 2. The Labute approximate surface area is 263 Å². The number of hydrogen-bond donors (Lipinski definition) is 0. The van der Waals surface area contributed by atoms with Crippen LogP contribution in [0.4, 0.5) is 18.0 Å². The van der Waals surface area contributed by atoms with Crippen LogP contribution in [-0.2, 0) is 38.9 Å². The van der Waals surface area contributed by atoms with Gasteiger partial charge < -0.3 is 19.1 Å². The zero-order valence-corrected chi connectivity index (χ0v) is 26.5. The molecule has 7 nitrogen and oxygen atoms in total. The number of amides is 1. The highest BCUT2D eigenvalue weighted by Gasteiger charge is 2.67. The number of carbonyl (C=O) groups excluding carboxylic acids is 2. The molecule has 0 spiro atoms. The highest BCUT2D eigenvalue weighted by molar-refractivity contribution is 5.69. The first-order chi connectivity index (χ1) is 21.2. The van der Waals surface area contributed by atoms with E-state index in [1.165, 1.54) is 13.0 Å². The molecule has 1 saturated carbocycles. The third-order valence-electron chi connectivity index (χ3n) is 10.0. The van der Waals surface area contributed by atoms with Crippen molar-refractivity contribution >= 4 is 12.1 Å². The summed E-state index contributed by atoms with van der Waals surface area (Å²) in [7, 11) is 0. The maximum absolute atomic E-state index is 14.6. The highest BCUT2D eigenvalue weighted by atomic mass is 19.4. The molecule has 6 rings (SSSR count). The summed E-state index contributed by atoms with van der Waals surface area (Å²) in [5.41, 5.74) is -1.25. The number of rotatable bonds is 6. The van der Waals surface area contributed by atoms with Crippen molar-refractivity contribution in [3.63, 3.8) is 0 Å². The number of carbonyl (C=O) groups is 2. The van der Waals surface area contributed by atoms with Crippen molar-refractivity contribution in [1.29, 1.82) is 0 Å². The summed E-state index contributed by atoms with van der Waals surface area (Å²) in [4.78, 5) is 30.3. The maximum atomic E-state index is 14.6. The zero-order chi connectivity index (χ0) is 32.2. The van der Waals surface area contributed by atoms with E-state index in [0.29, 0.717) is 50.3 Å². The minimum absolute atomic E-state index is 0.0188. The van der Waals surface area contributed by atoms with E-state index >= 15 is 0 Å². The Morgan fingerprint density at radius 1 is 0.978 bits per heavy atom. The number of likely N-dealkylation sites (tertiary alicyclic amines) is 2. The fraction of sp³-hybridized carbons (Fsp3) is 0.600. The molecule has 3 fully saturated rings. The van der Waals surface area contributed by atoms with Gasteiger partial charge in [0, 0.05) is 38.4 Å². The van der Waals surface area contributed by atoms with Crippen LogP contribution < -0.4 is 4.74 Å². The lowest BCUT2D eigenvalue weighted by molar-refractivity contribution is -0.196. The molecule has 0 N–H and O–H groups in total. The van der Waals surface area contributed by atoms with Crippen LogP contribution in [0.5, 0.6) is 5.75 Å². The minimum Gasteiger partial charge on any atom is -0.488 e. The Balaban J connectivity index is 1.48. The Kier molecular flexibility index (Phi) is 8.11. The number of esters is 1. The first-order valence-corrected chi connectivity index (χ1v) is 16.0.